The Hall–Kier alpha value is -1.24. The Balaban J connectivity index is 2.53. The highest BCUT2D eigenvalue weighted by molar-refractivity contribution is 5.46. The van der Waals surface area contributed by atoms with Gasteiger partial charge in [-0.05, 0) is 24.5 Å². The summed E-state index contributed by atoms with van der Waals surface area (Å²) in [5.74, 6) is 0. The molecule has 15 heavy (non-hydrogen) atoms. The van der Waals surface area contributed by atoms with Crippen LogP contribution in [0, 0.1) is 6.20 Å². The van der Waals surface area contributed by atoms with Gasteiger partial charge < -0.3 is 4.90 Å². The van der Waals surface area contributed by atoms with Gasteiger partial charge in [0.1, 0.15) is 0 Å². The van der Waals surface area contributed by atoms with Crippen LogP contribution in [0.1, 0.15) is 32.3 Å². The van der Waals surface area contributed by atoms with Crippen LogP contribution in [0.4, 0.5) is 0 Å². The minimum atomic E-state index is 1.09. The number of benzene rings is 1. The maximum Gasteiger partial charge on any atom is 0.0610 e. The first-order valence-electron chi connectivity index (χ1n) is 5.76. The topological polar surface area (TPSA) is 3.24 Å². The molecular formula is C14H20N. The zero-order chi connectivity index (χ0) is 10.9. The number of hydrogen-bond donors (Lipinski definition) is 0. The van der Waals surface area contributed by atoms with Gasteiger partial charge in [0.05, 0.1) is 6.20 Å². The summed E-state index contributed by atoms with van der Waals surface area (Å²) >= 11 is 0. The third-order valence-electron chi connectivity index (χ3n) is 2.20. The second kappa shape index (κ2) is 7.10. The van der Waals surface area contributed by atoms with Crippen LogP contribution in [0.2, 0.25) is 0 Å². The predicted molar refractivity (Wildman–Crippen MR) is 66.3 cm³/mol. The van der Waals surface area contributed by atoms with E-state index in [9.17, 15) is 0 Å². The number of nitrogens with zero attached hydrogens (tertiary/aromatic N) is 1. The summed E-state index contributed by atoms with van der Waals surface area (Å²) in [6.45, 7) is 6.59. The molecule has 1 radical (unpaired) electrons. The summed E-state index contributed by atoms with van der Waals surface area (Å²) in [6, 6.07) is 10.3. The van der Waals surface area contributed by atoms with E-state index < -0.39 is 0 Å². The van der Waals surface area contributed by atoms with Crippen LogP contribution in [0.15, 0.2) is 30.3 Å². The van der Waals surface area contributed by atoms with Crippen LogP contribution in [0.25, 0.3) is 6.08 Å². The second-order valence-corrected chi connectivity index (χ2v) is 3.67. The fourth-order valence-electron chi connectivity index (χ4n) is 1.50. The molecule has 1 aromatic carbocycles. The zero-order valence-electron chi connectivity index (χ0n) is 9.74. The van der Waals surface area contributed by atoms with Crippen molar-refractivity contribution < 1.29 is 0 Å². The summed E-state index contributed by atoms with van der Waals surface area (Å²) in [7, 11) is 0. The monoisotopic (exact) mass is 202 g/mol. The second-order valence-electron chi connectivity index (χ2n) is 3.67. The highest BCUT2D eigenvalue weighted by atomic mass is 15.1. The molecule has 81 valence electrons. The van der Waals surface area contributed by atoms with Crippen molar-refractivity contribution >= 4 is 6.08 Å². The molecule has 0 saturated carbocycles. The van der Waals surface area contributed by atoms with Crippen LogP contribution in [-0.4, -0.2) is 18.0 Å². The molecule has 0 amide bonds. The van der Waals surface area contributed by atoms with E-state index in [1.54, 1.807) is 0 Å². The molecule has 0 unspecified atom stereocenters. The average Bonchev–Trinajstić information content (AvgIpc) is 2.28. The van der Waals surface area contributed by atoms with Crippen molar-refractivity contribution in [3.63, 3.8) is 0 Å². The van der Waals surface area contributed by atoms with Crippen LogP contribution < -0.4 is 0 Å². The van der Waals surface area contributed by atoms with E-state index in [1.807, 2.05) is 6.07 Å². The van der Waals surface area contributed by atoms with Crippen molar-refractivity contribution in [2.75, 3.05) is 13.1 Å². The maximum absolute atomic E-state index is 3.35. The normalized spacial score (nSPS) is 10.8. The Labute approximate surface area is 93.4 Å². The van der Waals surface area contributed by atoms with Gasteiger partial charge in [-0.25, -0.2) is 0 Å². The Morgan fingerprint density at radius 3 is 2.20 bits per heavy atom. The summed E-state index contributed by atoms with van der Waals surface area (Å²) in [5, 5.41) is 0. The third kappa shape index (κ3) is 4.68. The lowest BCUT2D eigenvalue weighted by atomic mass is 10.2. The highest BCUT2D eigenvalue weighted by Crippen LogP contribution is 2.03. The molecule has 0 aliphatic heterocycles. The molecule has 0 atom stereocenters. The van der Waals surface area contributed by atoms with Crippen molar-refractivity contribution in [2.45, 2.75) is 26.7 Å². The molecule has 1 rings (SSSR count). The first kappa shape index (κ1) is 11.8. The standard InChI is InChI=1S/C14H20N/c1-3-11-15(12-4-2)13-10-14-8-6-5-7-9-14/h5-10H,3-4,11-12H2,1-2H3. The molecular weight excluding hydrogens is 182 g/mol. The quantitative estimate of drug-likeness (QED) is 0.637. The molecule has 0 N–H and O–H groups in total. The van der Waals surface area contributed by atoms with Gasteiger partial charge in [-0.2, -0.15) is 0 Å². The molecule has 0 aromatic heterocycles. The molecule has 0 spiro atoms. The first-order chi connectivity index (χ1) is 7.36. The number of rotatable bonds is 6. The summed E-state index contributed by atoms with van der Waals surface area (Å²) < 4.78 is 0. The van der Waals surface area contributed by atoms with Crippen molar-refractivity contribution in [3.8, 4) is 0 Å². The lowest BCUT2D eigenvalue weighted by Crippen LogP contribution is -2.19. The Morgan fingerprint density at radius 2 is 1.67 bits per heavy atom. The average molecular weight is 202 g/mol. The summed E-state index contributed by atoms with van der Waals surface area (Å²) in [6.07, 6.45) is 7.76. The summed E-state index contributed by atoms with van der Waals surface area (Å²) in [4.78, 5) is 2.26. The van der Waals surface area contributed by atoms with E-state index >= 15 is 0 Å². The van der Waals surface area contributed by atoms with Crippen molar-refractivity contribution in [1.29, 1.82) is 0 Å². The first-order valence-corrected chi connectivity index (χ1v) is 5.76. The molecule has 0 aliphatic rings. The van der Waals surface area contributed by atoms with E-state index in [4.69, 9.17) is 0 Å². The van der Waals surface area contributed by atoms with Crippen LogP contribution in [-0.2, 0) is 0 Å². The highest BCUT2D eigenvalue weighted by Gasteiger charge is 1.95. The molecule has 0 saturated heterocycles. The van der Waals surface area contributed by atoms with Gasteiger partial charge in [0.15, 0.2) is 0 Å². The van der Waals surface area contributed by atoms with Gasteiger partial charge >= 0.3 is 0 Å². The van der Waals surface area contributed by atoms with Gasteiger partial charge in [-0.3, -0.25) is 0 Å². The lowest BCUT2D eigenvalue weighted by molar-refractivity contribution is 0.362. The largest absolute Gasteiger partial charge is 0.370 e. The maximum atomic E-state index is 3.35. The molecule has 0 fully saturated rings. The molecule has 1 aromatic rings. The molecule has 1 nitrogen and oxygen atoms in total. The van der Waals surface area contributed by atoms with E-state index in [-0.39, 0.29) is 0 Å². The van der Waals surface area contributed by atoms with Gasteiger partial charge in [-0.1, -0.05) is 44.2 Å². The van der Waals surface area contributed by atoms with Crippen LogP contribution in [0.3, 0.4) is 0 Å². The lowest BCUT2D eigenvalue weighted by Gasteiger charge is -2.17. The Bertz CT molecular complexity index is 271. The molecule has 1 heteroatoms. The fraction of sp³-hybridized carbons (Fsp3) is 0.429. The predicted octanol–water partition coefficient (Wildman–Crippen LogP) is 3.58. The van der Waals surface area contributed by atoms with Gasteiger partial charge in [0, 0.05) is 13.1 Å². The third-order valence-corrected chi connectivity index (χ3v) is 2.20. The zero-order valence-corrected chi connectivity index (χ0v) is 9.74. The molecule has 0 aliphatic carbocycles. The van der Waals surface area contributed by atoms with Crippen LogP contribution in [0.5, 0.6) is 0 Å². The van der Waals surface area contributed by atoms with E-state index in [1.165, 1.54) is 18.4 Å². The van der Waals surface area contributed by atoms with E-state index in [2.05, 4.69) is 55.3 Å². The molecule has 0 bridgehead atoms. The van der Waals surface area contributed by atoms with Crippen molar-refractivity contribution in [1.82, 2.24) is 4.90 Å². The van der Waals surface area contributed by atoms with Gasteiger partial charge in [0.2, 0.25) is 0 Å². The SMILES string of the molecule is CCCN(/[C]=C/c1ccccc1)CCC. The van der Waals surface area contributed by atoms with Crippen molar-refractivity contribution in [3.05, 3.63) is 42.1 Å². The number of hydrogen-bond acceptors (Lipinski definition) is 1. The van der Waals surface area contributed by atoms with E-state index in [0.717, 1.165) is 13.1 Å². The Morgan fingerprint density at radius 1 is 1.07 bits per heavy atom. The summed E-state index contributed by atoms with van der Waals surface area (Å²) in [5.41, 5.74) is 1.22. The fourth-order valence-corrected chi connectivity index (χ4v) is 1.50. The Kier molecular flexibility index (Phi) is 5.60. The molecule has 0 heterocycles. The van der Waals surface area contributed by atoms with Gasteiger partial charge in [0.25, 0.3) is 0 Å². The van der Waals surface area contributed by atoms with Crippen LogP contribution >= 0.6 is 0 Å². The van der Waals surface area contributed by atoms with Crippen molar-refractivity contribution in [2.24, 2.45) is 0 Å². The van der Waals surface area contributed by atoms with E-state index in [0.29, 0.717) is 0 Å². The minimum absolute atomic E-state index is 1.09. The van der Waals surface area contributed by atoms with Gasteiger partial charge in [-0.15, -0.1) is 0 Å². The minimum Gasteiger partial charge on any atom is -0.370 e. The smallest absolute Gasteiger partial charge is 0.0610 e.